The van der Waals surface area contributed by atoms with Gasteiger partial charge in [-0.15, -0.1) is 0 Å². The molecule has 2 unspecified atom stereocenters. The van der Waals surface area contributed by atoms with Gasteiger partial charge in [-0.25, -0.2) is 4.39 Å². The zero-order valence-electron chi connectivity index (χ0n) is 14.8. The van der Waals surface area contributed by atoms with Crippen LogP contribution in [0.5, 0.6) is 0 Å². The lowest BCUT2D eigenvalue weighted by atomic mass is 10.0. The van der Waals surface area contributed by atoms with E-state index in [9.17, 15) is 14.3 Å². The summed E-state index contributed by atoms with van der Waals surface area (Å²) in [6.45, 7) is 0.846. The Hall–Kier alpha value is -1.92. The molecule has 2 fully saturated rings. The molecule has 140 valence electrons. The first-order valence-electron chi connectivity index (χ1n) is 9.50. The van der Waals surface area contributed by atoms with Gasteiger partial charge in [-0.05, 0) is 42.6 Å². The summed E-state index contributed by atoms with van der Waals surface area (Å²) in [4.78, 5) is 12.1. The summed E-state index contributed by atoms with van der Waals surface area (Å²) in [5, 5.41) is 16.2. The molecule has 1 aliphatic carbocycles. The number of halogens is 1. The molecular formula is C20H25FN2O3. The number of benzene rings is 1. The Bertz CT molecular complexity index is 798. The molecule has 1 aromatic carbocycles. The van der Waals surface area contributed by atoms with Gasteiger partial charge in [-0.1, -0.05) is 25.7 Å². The second kappa shape index (κ2) is 7.37. The fourth-order valence-electron chi connectivity index (χ4n) is 4.18. The van der Waals surface area contributed by atoms with Crippen molar-refractivity contribution in [3.8, 4) is 0 Å². The molecule has 0 spiro atoms. The molecule has 1 saturated heterocycles. The molecule has 5 nitrogen and oxygen atoms in total. The lowest BCUT2D eigenvalue weighted by molar-refractivity contribution is -0.124. The Balaban J connectivity index is 1.44. The number of rotatable bonds is 5. The van der Waals surface area contributed by atoms with Crippen molar-refractivity contribution in [2.45, 2.75) is 57.2 Å². The van der Waals surface area contributed by atoms with Gasteiger partial charge in [-0.2, -0.15) is 0 Å². The normalized spacial score (nSPS) is 23.8. The Labute approximate surface area is 151 Å². The van der Waals surface area contributed by atoms with Gasteiger partial charge in [0.05, 0.1) is 6.10 Å². The van der Waals surface area contributed by atoms with E-state index in [0.717, 1.165) is 17.6 Å². The number of carbonyl (C=O) groups excluding carboxylic acids is 1. The van der Waals surface area contributed by atoms with Crippen molar-refractivity contribution in [3.63, 3.8) is 0 Å². The van der Waals surface area contributed by atoms with Crippen LogP contribution in [0.4, 0.5) is 4.39 Å². The Morgan fingerprint density at radius 1 is 1.27 bits per heavy atom. The molecule has 1 amide bonds. The quantitative estimate of drug-likeness (QED) is 0.766. The third-order valence-corrected chi connectivity index (χ3v) is 5.58. The van der Waals surface area contributed by atoms with Crippen molar-refractivity contribution >= 4 is 16.9 Å². The predicted molar refractivity (Wildman–Crippen MR) is 96.1 cm³/mol. The second-order valence-corrected chi connectivity index (χ2v) is 7.57. The monoisotopic (exact) mass is 360 g/mol. The number of aliphatic hydroxyl groups is 1. The first-order valence-corrected chi connectivity index (χ1v) is 9.50. The van der Waals surface area contributed by atoms with Crippen LogP contribution in [0.15, 0.2) is 22.6 Å². The molecule has 0 bridgehead atoms. The maximum atomic E-state index is 14.4. The van der Waals surface area contributed by atoms with Crippen LogP contribution < -0.4 is 10.6 Å². The molecule has 2 aliphatic rings. The molecule has 26 heavy (non-hydrogen) atoms. The third-order valence-electron chi connectivity index (χ3n) is 5.58. The molecule has 2 heterocycles. The molecular weight excluding hydrogens is 335 g/mol. The highest BCUT2D eigenvalue weighted by atomic mass is 19.1. The summed E-state index contributed by atoms with van der Waals surface area (Å²) >= 11 is 0. The van der Waals surface area contributed by atoms with Crippen LogP contribution >= 0.6 is 0 Å². The second-order valence-electron chi connectivity index (χ2n) is 7.57. The molecule has 1 saturated carbocycles. The first-order chi connectivity index (χ1) is 12.6. The van der Waals surface area contributed by atoms with Crippen LogP contribution in [0, 0.1) is 11.7 Å². The summed E-state index contributed by atoms with van der Waals surface area (Å²) in [6, 6.07) is 4.60. The van der Waals surface area contributed by atoms with Gasteiger partial charge in [0.25, 0.3) is 0 Å². The van der Waals surface area contributed by atoms with Gasteiger partial charge < -0.3 is 20.2 Å². The van der Waals surface area contributed by atoms with E-state index in [0.29, 0.717) is 30.0 Å². The number of amides is 1. The number of nitrogens with one attached hydrogen (secondary N) is 2. The number of carbonyl (C=O) groups is 1. The third kappa shape index (κ3) is 3.62. The minimum atomic E-state index is -0.666. The van der Waals surface area contributed by atoms with Crippen LogP contribution in [0.2, 0.25) is 0 Å². The van der Waals surface area contributed by atoms with Gasteiger partial charge in [0.2, 0.25) is 5.91 Å². The fraction of sp³-hybridized carbons (Fsp3) is 0.550. The maximum absolute atomic E-state index is 14.4. The van der Waals surface area contributed by atoms with E-state index in [1.807, 2.05) is 12.1 Å². The van der Waals surface area contributed by atoms with Gasteiger partial charge in [-0.3, -0.25) is 4.79 Å². The van der Waals surface area contributed by atoms with Crippen molar-refractivity contribution in [2.24, 2.45) is 5.92 Å². The average Bonchev–Trinajstić information content (AvgIpc) is 3.34. The summed E-state index contributed by atoms with van der Waals surface area (Å²) in [5.41, 5.74) is 0.977. The molecule has 2 aromatic rings. The van der Waals surface area contributed by atoms with Crippen molar-refractivity contribution in [2.75, 3.05) is 6.54 Å². The van der Waals surface area contributed by atoms with Crippen LogP contribution in [0.3, 0.4) is 0 Å². The van der Waals surface area contributed by atoms with Crippen LogP contribution in [-0.2, 0) is 17.8 Å². The fourth-order valence-corrected chi connectivity index (χ4v) is 4.18. The van der Waals surface area contributed by atoms with Crippen LogP contribution in [-0.4, -0.2) is 29.7 Å². The topological polar surface area (TPSA) is 74.5 Å². The van der Waals surface area contributed by atoms with Gasteiger partial charge >= 0.3 is 0 Å². The highest BCUT2D eigenvalue weighted by Gasteiger charge is 2.30. The lowest BCUT2D eigenvalue weighted by Crippen LogP contribution is -2.45. The largest absolute Gasteiger partial charge is 0.458 e. The van der Waals surface area contributed by atoms with E-state index in [-0.39, 0.29) is 12.5 Å². The van der Waals surface area contributed by atoms with Crippen molar-refractivity contribution in [3.05, 3.63) is 35.3 Å². The van der Waals surface area contributed by atoms with E-state index in [4.69, 9.17) is 4.42 Å². The first kappa shape index (κ1) is 17.5. The minimum Gasteiger partial charge on any atom is -0.458 e. The van der Waals surface area contributed by atoms with Crippen molar-refractivity contribution < 1.29 is 18.7 Å². The molecule has 2 atom stereocenters. The van der Waals surface area contributed by atoms with Gasteiger partial charge in [0, 0.05) is 18.4 Å². The highest BCUT2D eigenvalue weighted by Crippen LogP contribution is 2.31. The minimum absolute atomic E-state index is 0.222. The zero-order chi connectivity index (χ0) is 18.1. The highest BCUT2D eigenvalue weighted by molar-refractivity contribution is 5.83. The van der Waals surface area contributed by atoms with Gasteiger partial charge in [0.1, 0.15) is 11.8 Å². The van der Waals surface area contributed by atoms with Crippen LogP contribution in [0.1, 0.15) is 43.4 Å². The Morgan fingerprint density at radius 2 is 2.08 bits per heavy atom. The molecule has 4 rings (SSSR count). The Morgan fingerprint density at radius 3 is 2.81 bits per heavy atom. The van der Waals surface area contributed by atoms with E-state index in [1.54, 1.807) is 0 Å². The predicted octanol–water partition coefficient (Wildman–Crippen LogP) is 2.64. The number of fused-ring (bicyclic) bond motifs is 1. The zero-order valence-corrected chi connectivity index (χ0v) is 14.8. The summed E-state index contributed by atoms with van der Waals surface area (Å²) in [7, 11) is 0. The molecule has 6 heteroatoms. The molecule has 1 aliphatic heterocycles. The number of hydrogen-bond donors (Lipinski definition) is 3. The van der Waals surface area contributed by atoms with E-state index >= 15 is 0 Å². The summed E-state index contributed by atoms with van der Waals surface area (Å²) in [5.74, 6) is 0.820. The van der Waals surface area contributed by atoms with E-state index in [2.05, 4.69) is 10.6 Å². The molecule has 1 aromatic heterocycles. The lowest BCUT2D eigenvalue weighted by Gasteiger charge is -2.14. The van der Waals surface area contributed by atoms with Crippen molar-refractivity contribution in [1.29, 1.82) is 0 Å². The summed E-state index contributed by atoms with van der Waals surface area (Å²) in [6.07, 6.45) is 5.75. The SMILES string of the molecule is O=C(NCc1cc(F)c2oc(CC3CCCC3)cc2c1)C1NCCC1O. The van der Waals surface area contributed by atoms with Crippen LogP contribution in [0.25, 0.3) is 11.0 Å². The standard InChI is InChI=1S/C20H25FN2O3/c21-16-9-13(11-23-20(25)18-17(24)5-6-22-18)7-14-10-15(26-19(14)16)8-12-3-1-2-4-12/h7,9-10,12,17-18,22,24H,1-6,8,11H2,(H,23,25). The van der Waals surface area contributed by atoms with Gasteiger partial charge in [0.15, 0.2) is 11.4 Å². The Kier molecular flexibility index (Phi) is 4.96. The van der Waals surface area contributed by atoms with E-state index < -0.39 is 18.0 Å². The smallest absolute Gasteiger partial charge is 0.240 e. The number of aliphatic hydroxyl groups excluding tert-OH is 1. The average molecular weight is 360 g/mol. The number of hydrogen-bond acceptors (Lipinski definition) is 4. The summed E-state index contributed by atoms with van der Waals surface area (Å²) < 4.78 is 20.1. The molecule has 0 radical (unpaired) electrons. The number of furan rings is 1. The molecule has 3 N–H and O–H groups in total. The van der Waals surface area contributed by atoms with Crippen molar-refractivity contribution in [1.82, 2.24) is 10.6 Å². The van der Waals surface area contributed by atoms with E-state index in [1.165, 1.54) is 31.7 Å². The maximum Gasteiger partial charge on any atom is 0.240 e.